The van der Waals surface area contributed by atoms with Gasteiger partial charge in [0.25, 0.3) is 0 Å². The Kier molecular flexibility index (Phi) is 4.88. The highest BCUT2D eigenvalue weighted by Gasteiger charge is 2.03. The summed E-state index contributed by atoms with van der Waals surface area (Å²) in [4.78, 5) is 0.488. The number of thiophene rings is 1. The monoisotopic (exact) mass is 248 g/mol. The molecule has 3 heteroatoms. The smallest absolute Gasteiger partial charge is 0.0587 e. The molecule has 0 bridgehead atoms. The fourth-order valence-corrected chi connectivity index (χ4v) is 2.22. The fourth-order valence-electron chi connectivity index (χ4n) is 1.02. The van der Waals surface area contributed by atoms with Gasteiger partial charge in [-0.05, 0) is 35.2 Å². The van der Waals surface area contributed by atoms with Gasteiger partial charge in [0.05, 0.1) is 6.61 Å². The topological polar surface area (TPSA) is 9.23 Å². The lowest BCUT2D eigenvalue weighted by Crippen LogP contribution is -2.07. The molecule has 1 rings (SSSR count). The van der Waals surface area contributed by atoms with E-state index >= 15 is 0 Å². The number of ether oxygens (including phenoxy) is 1. The first-order valence-electron chi connectivity index (χ1n) is 3.97. The first-order chi connectivity index (χ1) is 5.83. The first-order valence-corrected chi connectivity index (χ1v) is 5.83. The second-order valence-electron chi connectivity index (χ2n) is 2.72. The molecule has 0 saturated heterocycles. The molecule has 1 atom stereocenters. The van der Waals surface area contributed by atoms with Gasteiger partial charge in [-0.1, -0.05) is 15.9 Å². The summed E-state index contributed by atoms with van der Waals surface area (Å²) in [6, 6.07) is 2.18. The maximum Gasteiger partial charge on any atom is 0.0587 e. The van der Waals surface area contributed by atoms with E-state index in [-0.39, 0.29) is 0 Å². The minimum atomic E-state index is 0.488. The Hall–Kier alpha value is 0.140. The Labute approximate surface area is 85.9 Å². The van der Waals surface area contributed by atoms with Crippen molar-refractivity contribution in [3.63, 3.8) is 0 Å². The molecule has 1 aromatic heterocycles. The van der Waals surface area contributed by atoms with E-state index in [1.807, 2.05) is 0 Å². The van der Waals surface area contributed by atoms with Crippen molar-refractivity contribution in [2.75, 3.05) is 13.7 Å². The summed E-state index contributed by atoms with van der Waals surface area (Å²) in [5, 5.41) is 4.32. The van der Waals surface area contributed by atoms with E-state index < -0.39 is 0 Å². The molecule has 0 spiro atoms. The van der Waals surface area contributed by atoms with Crippen LogP contribution >= 0.6 is 27.3 Å². The highest BCUT2D eigenvalue weighted by molar-refractivity contribution is 9.09. The average molecular weight is 249 g/mol. The molecule has 0 N–H and O–H groups in total. The highest BCUT2D eigenvalue weighted by atomic mass is 79.9. The van der Waals surface area contributed by atoms with Crippen LogP contribution in [-0.2, 0) is 11.2 Å². The van der Waals surface area contributed by atoms with Crippen LogP contribution in [0.15, 0.2) is 16.8 Å². The van der Waals surface area contributed by atoms with Gasteiger partial charge in [0, 0.05) is 11.9 Å². The number of rotatable bonds is 5. The van der Waals surface area contributed by atoms with E-state index in [1.165, 1.54) is 5.56 Å². The Bertz CT molecular complexity index is 198. The van der Waals surface area contributed by atoms with Crippen LogP contribution in [0.4, 0.5) is 0 Å². The minimum Gasteiger partial charge on any atom is -0.384 e. The summed E-state index contributed by atoms with van der Waals surface area (Å²) < 4.78 is 5.03. The molecule has 0 aliphatic carbocycles. The van der Waals surface area contributed by atoms with Crippen LogP contribution in [0.3, 0.4) is 0 Å². The van der Waals surface area contributed by atoms with Crippen molar-refractivity contribution < 1.29 is 4.74 Å². The van der Waals surface area contributed by atoms with Gasteiger partial charge in [-0.3, -0.25) is 0 Å². The van der Waals surface area contributed by atoms with Gasteiger partial charge < -0.3 is 4.74 Å². The molecular weight excluding hydrogens is 236 g/mol. The quantitative estimate of drug-likeness (QED) is 0.728. The highest BCUT2D eigenvalue weighted by Crippen LogP contribution is 2.13. The summed E-state index contributed by atoms with van der Waals surface area (Å²) in [6.45, 7) is 0.796. The van der Waals surface area contributed by atoms with Crippen molar-refractivity contribution in [2.24, 2.45) is 0 Å². The lowest BCUT2D eigenvalue weighted by atomic mass is 10.1. The fraction of sp³-hybridized carbons (Fsp3) is 0.556. The zero-order chi connectivity index (χ0) is 8.81. The number of halogens is 1. The van der Waals surface area contributed by atoms with Gasteiger partial charge >= 0.3 is 0 Å². The van der Waals surface area contributed by atoms with Gasteiger partial charge in [0.15, 0.2) is 0 Å². The molecule has 1 heterocycles. The number of hydrogen-bond acceptors (Lipinski definition) is 2. The summed E-state index contributed by atoms with van der Waals surface area (Å²) in [6.07, 6.45) is 2.29. The van der Waals surface area contributed by atoms with Gasteiger partial charge in [-0.25, -0.2) is 0 Å². The zero-order valence-electron chi connectivity index (χ0n) is 7.13. The number of aryl methyl sites for hydroxylation is 1. The second-order valence-corrected chi connectivity index (χ2v) is 4.80. The van der Waals surface area contributed by atoms with Gasteiger partial charge in [0.2, 0.25) is 0 Å². The van der Waals surface area contributed by atoms with Crippen LogP contribution in [0, 0.1) is 0 Å². The van der Waals surface area contributed by atoms with Gasteiger partial charge in [-0.15, -0.1) is 0 Å². The van der Waals surface area contributed by atoms with Crippen molar-refractivity contribution in [3.8, 4) is 0 Å². The van der Waals surface area contributed by atoms with Crippen molar-refractivity contribution in [1.29, 1.82) is 0 Å². The zero-order valence-corrected chi connectivity index (χ0v) is 9.53. The predicted molar refractivity (Wildman–Crippen MR) is 57.2 cm³/mol. The molecule has 12 heavy (non-hydrogen) atoms. The molecule has 1 aromatic rings. The van der Waals surface area contributed by atoms with Crippen molar-refractivity contribution in [3.05, 3.63) is 22.4 Å². The Morgan fingerprint density at radius 2 is 2.50 bits per heavy atom. The van der Waals surface area contributed by atoms with E-state index in [2.05, 4.69) is 32.8 Å². The Morgan fingerprint density at radius 1 is 1.67 bits per heavy atom. The second kappa shape index (κ2) is 5.73. The van der Waals surface area contributed by atoms with E-state index in [1.54, 1.807) is 18.4 Å². The van der Waals surface area contributed by atoms with Gasteiger partial charge in [-0.2, -0.15) is 11.3 Å². The molecule has 0 aromatic carbocycles. The first kappa shape index (κ1) is 10.2. The third-order valence-corrected chi connectivity index (χ3v) is 3.13. The predicted octanol–water partition coefficient (Wildman–Crippen LogP) is 3.09. The lowest BCUT2D eigenvalue weighted by Gasteiger charge is -2.06. The van der Waals surface area contributed by atoms with Crippen LogP contribution in [-0.4, -0.2) is 18.5 Å². The van der Waals surface area contributed by atoms with E-state index in [9.17, 15) is 0 Å². The molecule has 68 valence electrons. The van der Waals surface area contributed by atoms with Crippen molar-refractivity contribution >= 4 is 27.3 Å². The van der Waals surface area contributed by atoms with Crippen LogP contribution < -0.4 is 0 Å². The molecule has 1 nitrogen and oxygen atoms in total. The van der Waals surface area contributed by atoms with Crippen molar-refractivity contribution in [2.45, 2.75) is 17.7 Å². The molecular formula is C9H13BrOS. The third kappa shape index (κ3) is 3.70. The average Bonchev–Trinajstić information content (AvgIpc) is 2.53. The van der Waals surface area contributed by atoms with Crippen molar-refractivity contribution in [1.82, 2.24) is 0 Å². The molecule has 0 aliphatic rings. The number of alkyl halides is 1. The van der Waals surface area contributed by atoms with E-state index in [4.69, 9.17) is 4.74 Å². The Balaban J connectivity index is 2.17. The van der Waals surface area contributed by atoms with Crippen LogP contribution in [0.2, 0.25) is 0 Å². The van der Waals surface area contributed by atoms with Crippen LogP contribution in [0.25, 0.3) is 0 Å². The van der Waals surface area contributed by atoms with E-state index in [0.717, 1.165) is 19.4 Å². The summed E-state index contributed by atoms with van der Waals surface area (Å²) in [5.74, 6) is 0. The standard InChI is InChI=1S/C9H13BrOS/c1-11-6-9(10)3-2-8-4-5-12-7-8/h4-5,7,9H,2-3,6H2,1H3. The normalized spacial score (nSPS) is 13.2. The lowest BCUT2D eigenvalue weighted by molar-refractivity contribution is 0.198. The largest absolute Gasteiger partial charge is 0.384 e. The summed E-state index contributed by atoms with van der Waals surface area (Å²) >= 11 is 5.32. The SMILES string of the molecule is COCC(Br)CCc1ccsc1. The molecule has 0 amide bonds. The Morgan fingerprint density at radius 3 is 3.08 bits per heavy atom. The minimum absolute atomic E-state index is 0.488. The molecule has 0 saturated carbocycles. The maximum absolute atomic E-state index is 5.03. The molecule has 0 fully saturated rings. The maximum atomic E-state index is 5.03. The van der Waals surface area contributed by atoms with Crippen LogP contribution in [0.1, 0.15) is 12.0 Å². The molecule has 0 aliphatic heterocycles. The summed E-state index contributed by atoms with van der Waals surface area (Å²) in [7, 11) is 1.73. The van der Waals surface area contributed by atoms with E-state index in [0.29, 0.717) is 4.83 Å². The van der Waals surface area contributed by atoms with Gasteiger partial charge in [0.1, 0.15) is 0 Å². The molecule has 0 radical (unpaired) electrons. The van der Waals surface area contributed by atoms with Crippen LogP contribution in [0.5, 0.6) is 0 Å². The third-order valence-electron chi connectivity index (χ3n) is 1.67. The number of methoxy groups -OCH3 is 1. The summed E-state index contributed by atoms with van der Waals surface area (Å²) in [5.41, 5.74) is 1.43. The molecule has 1 unspecified atom stereocenters. The number of hydrogen-bond donors (Lipinski definition) is 0.